The van der Waals surface area contributed by atoms with Crippen molar-refractivity contribution in [3.05, 3.63) is 64.1 Å². The molecular weight excluding hydrogens is 567 g/mol. The van der Waals surface area contributed by atoms with Crippen molar-refractivity contribution in [2.24, 2.45) is 0 Å². The zero-order valence-corrected chi connectivity index (χ0v) is 23.0. The van der Waals surface area contributed by atoms with Gasteiger partial charge >= 0.3 is 11.9 Å². The number of methoxy groups -OCH3 is 1. The molecule has 3 heterocycles. The maximum absolute atomic E-state index is 13.1. The van der Waals surface area contributed by atoms with Crippen LogP contribution in [0.15, 0.2) is 47.2 Å². The molecule has 4 rings (SSSR count). The van der Waals surface area contributed by atoms with Gasteiger partial charge in [-0.2, -0.15) is 0 Å². The van der Waals surface area contributed by atoms with Crippen molar-refractivity contribution in [3.8, 4) is 5.75 Å². The van der Waals surface area contributed by atoms with Gasteiger partial charge in [-0.05, 0) is 24.7 Å². The van der Waals surface area contributed by atoms with Gasteiger partial charge in [-0.25, -0.2) is 9.59 Å². The van der Waals surface area contributed by atoms with Crippen molar-refractivity contribution in [3.63, 3.8) is 0 Å². The second-order valence-electron chi connectivity index (χ2n) is 8.34. The Morgan fingerprint density at radius 3 is 2.17 bits per heavy atom. The smallest absolute Gasteiger partial charge is 0.328 e. The number of pyridine rings is 1. The van der Waals surface area contributed by atoms with Crippen molar-refractivity contribution in [1.29, 1.82) is 0 Å². The van der Waals surface area contributed by atoms with Crippen LogP contribution >= 0.6 is 23.2 Å². The monoisotopic (exact) mass is 592 g/mol. The molecule has 1 aliphatic rings. The van der Waals surface area contributed by atoms with E-state index >= 15 is 0 Å². The molecule has 2 amide bonds. The van der Waals surface area contributed by atoms with Crippen molar-refractivity contribution in [2.45, 2.75) is 6.92 Å². The summed E-state index contributed by atoms with van der Waals surface area (Å²) in [7, 11) is 1.50. The number of ether oxygens (including phenoxy) is 1. The lowest BCUT2D eigenvalue weighted by atomic mass is 10.1. The van der Waals surface area contributed by atoms with Crippen LogP contribution in [0.2, 0.25) is 10.0 Å². The Morgan fingerprint density at radius 2 is 1.65 bits per heavy atom. The third kappa shape index (κ3) is 7.50. The number of carbonyl (C=O) groups is 4. The summed E-state index contributed by atoms with van der Waals surface area (Å²) in [6.45, 7) is 5.91. The molecule has 0 radical (unpaired) electrons. The van der Waals surface area contributed by atoms with Crippen LogP contribution in [0, 0.1) is 0 Å². The first kappa shape index (κ1) is 30.4. The quantitative estimate of drug-likeness (QED) is 0.343. The Morgan fingerprint density at radius 1 is 1.05 bits per heavy atom. The first-order chi connectivity index (χ1) is 19.0. The topological polar surface area (TPSA) is 163 Å². The van der Waals surface area contributed by atoms with E-state index in [1.807, 2.05) is 0 Å². The summed E-state index contributed by atoms with van der Waals surface area (Å²) >= 11 is 12.3. The van der Waals surface area contributed by atoms with Gasteiger partial charge in [0.1, 0.15) is 0 Å². The third-order valence-electron chi connectivity index (χ3n) is 5.89. The highest BCUT2D eigenvalue weighted by atomic mass is 35.5. The van der Waals surface area contributed by atoms with Gasteiger partial charge in [0.2, 0.25) is 0 Å². The maximum atomic E-state index is 13.1. The number of benzene rings is 1. The van der Waals surface area contributed by atoms with E-state index in [9.17, 15) is 19.2 Å². The number of carbonyl (C=O) groups excluding carboxylic acids is 2. The second kappa shape index (κ2) is 13.8. The molecule has 12 nitrogen and oxygen atoms in total. The molecule has 3 N–H and O–H groups in total. The molecular formula is C26H26Cl2N4O8. The molecule has 212 valence electrons. The Balaban J connectivity index is 0.000000482. The van der Waals surface area contributed by atoms with Gasteiger partial charge in [-0.3, -0.25) is 14.6 Å². The Labute approximate surface area is 238 Å². The molecule has 1 fully saturated rings. The molecule has 0 atom stereocenters. The highest BCUT2D eigenvalue weighted by Crippen LogP contribution is 2.34. The average Bonchev–Trinajstić information content (AvgIpc) is 3.39. The molecule has 0 aliphatic carbocycles. The number of halogens is 2. The van der Waals surface area contributed by atoms with E-state index in [0.29, 0.717) is 47.5 Å². The summed E-state index contributed by atoms with van der Waals surface area (Å²) in [6.07, 6.45) is 3.89. The SMILES string of the molecule is CCN1CCN(C(=O)c2cc3c(C(=O)Nc4c(Cl)cncc4Cl)ccc(OC)c3o2)CC1.O=C(O)/C=C/C(=O)O. The van der Waals surface area contributed by atoms with E-state index in [1.165, 1.54) is 19.5 Å². The van der Waals surface area contributed by atoms with Gasteiger partial charge in [-0.1, -0.05) is 30.1 Å². The van der Waals surface area contributed by atoms with Gasteiger partial charge < -0.3 is 34.5 Å². The number of likely N-dealkylation sites (N-methyl/N-ethyl adjacent to an activating group) is 1. The number of nitrogens with zero attached hydrogens (tertiary/aromatic N) is 3. The number of piperazine rings is 1. The van der Waals surface area contributed by atoms with E-state index in [-0.39, 0.29) is 27.4 Å². The molecule has 3 aromatic rings. The summed E-state index contributed by atoms with van der Waals surface area (Å²) in [4.78, 5) is 53.1. The van der Waals surface area contributed by atoms with E-state index < -0.39 is 17.8 Å². The molecule has 1 aliphatic heterocycles. The number of rotatable bonds is 7. The number of furan rings is 1. The van der Waals surface area contributed by atoms with Crippen LogP contribution in [0.4, 0.5) is 5.69 Å². The van der Waals surface area contributed by atoms with Gasteiger partial charge in [0.05, 0.1) is 28.4 Å². The predicted molar refractivity (Wildman–Crippen MR) is 147 cm³/mol. The summed E-state index contributed by atoms with van der Waals surface area (Å²) in [6, 6.07) is 4.80. The minimum atomic E-state index is -1.26. The van der Waals surface area contributed by atoms with Gasteiger partial charge in [0, 0.05) is 56.1 Å². The zero-order valence-electron chi connectivity index (χ0n) is 21.5. The summed E-state index contributed by atoms with van der Waals surface area (Å²) < 4.78 is 11.3. The Kier molecular flexibility index (Phi) is 10.5. The Bertz CT molecular complexity index is 1410. The molecule has 2 aromatic heterocycles. The van der Waals surface area contributed by atoms with Crippen LogP contribution in [-0.4, -0.2) is 88.6 Å². The number of anilines is 1. The van der Waals surface area contributed by atoms with Gasteiger partial charge in [0.25, 0.3) is 11.8 Å². The van der Waals surface area contributed by atoms with Crippen LogP contribution in [0.3, 0.4) is 0 Å². The van der Waals surface area contributed by atoms with E-state index in [4.69, 9.17) is 42.6 Å². The van der Waals surface area contributed by atoms with E-state index in [2.05, 4.69) is 22.1 Å². The number of carboxylic acid groups (broad SMARTS) is 2. The molecule has 14 heteroatoms. The number of hydrogen-bond acceptors (Lipinski definition) is 8. The van der Waals surface area contributed by atoms with Gasteiger partial charge in [-0.15, -0.1) is 0 Å². The van der Waals surface area contributed by atoms with Crippen molar-refractivity contribution in [2.75, 3.05) is 45.2 Å². The molecule has 0 saturated carbocycles. The first-order valence-electron chi connectivity index (χ1n) is 11.9. The number of nitrogens with one attached hydrogen (secondary N) is 1. The number of aliphatic carboxylic acids is 2. The minimum Gasteiger partial charge on any atom is -0.493 e. The molecule has 40 heavy (non-hydrogen) atoms. The van der Waals surface area contributed by atoms with Crippen LogP contribution in [0.1, 0.15) is 27.8 Å². The number of carboxylic acids is 2. The number of amides is 2. The third-order valence-corrected chi connectivity index (χ3v) is 6.46. The normalized spacial score (nSPS) is 13.6. The fourth-order valence-corrected chi connectivity index (χ4v) is 4.30. The molecule has 0 bridgehead atoms. The fourth-order valence-electron chi connectivity index (χ4n) is 3.84. The predicted octanol–water partition coefficient (Wildman–Crippen LogP) is 3.89. The first-order valence-corrected chi connectivity index (χ1v) is 12.7. The zero-order chi connectivity index (χ0) is 29.4. The van der Waals surface area contributed by atoms with Crippen LogP contribution in [0.5, 0.6) is 5.75 Å². The molecule has 1 aromatic carbocycles. The van der Waals surface area contributed by atoms with Crippen molar-refractivity contribution in [1.82, 2.24) is 14.8 Å². The lowest BCUT2D eigenvalue weighted by Gasteiger charge is -2.33. The standard InChI is InChI=1S/C22H22Cl2N4O4.C4H4O4/c1-3-27-6-8-28(9-7-27)22(30)18-10-14-13(4-5-17(31-2)20(14)32-18)21(29)26-19-15(23)11-25-12-16(19)24;5-3(6)1-2-4(7)8/h4-5,10-12H,3,6-9H2,1-2H3,(H,25,26,29);1-2H,(H,5,6)(H,7,8)/b;2-1+. The van der Waals surface area contributed by atoms with Crippen LogP contribution in [-0.2, 0) is 9.59 Å². The van der Waals surface area contributed by atoms with Crippen LogP contribution < -0.4 is 10.1 Å². The Hall–Kier alpha value is -4.13. The second-order valence-corrected chi connectivity index (χ2v) is 9.15. The van der Waals surface area contributed by atoms with Crippen molar-refractivity contribution < 1.29 is 38.5 Å². The number of aromatic nitrogens is 1. The van der Waals surface area contributed by atoms with E-state index in [0.717, 1.165) is 19.6 Å². The summed E-state index contributed by atoms with van der Waals surface area (Å²) in [5.41, 5.74) is 0.872. The van der Waals surface area contributed by atoms with Gasteiger partial charge in [0.15, 0.2) is 17.1 Å². The molecule has 0 unspecified atom stereocenters. The average molecular weight is 593 g/mol. The molecule has 1 saturated heterocycles. The maximum Gasteiger partial charge on any atom is 0.328 e. The van der Waals surface area contributed by atoms with Crippen LogP contribution in [0.25, 0.3) is 11.0 Å². The van der Waals surface area contributed by atoms with Crippen molar-refractivity contribution >= 4 is 63.6 Å². The summed E-state index contributed by atoms with van der Waals surface area (Å²) in [5.74, 6) is -2.61. The van der Waals surface area contributed by atoms with E-state index in [1.54, 1.807) is 23.1 Å². The number of hydrogen-bond donors (Lipinski definition) is 3. The molecule has 0 spiro atoms. The fraction of sp³-hybridized carbons (Fsp3) is 0.269. The lowest BCUT2D eigenvalue weighted by molar-refractivity contribution is -0.134. The minimum absolute atomic E-state index is 0.156. The largest absolute Gasteiger partial charge is 0.493 e. The highest BCUT2D eigenvalue weighted by Gasteiger charge is 2.26. The highest BCUT2D eigenvalue weighted by molar-refractivity contribution is 6.39. The summed E-state index contributed by atoms with van der Waals surface area (Å²) in [5, 5.41) is 19.2. The lowest BCUT2D eigenvalue weighted by Crippen LogP contribution is -2.48. The number of fused-ring (bicyclic) bond motifs is 1.